The Bertz CT molecular complexity index is 904. The minimum Gasteiger partial charge on any atom is -0.486 e. The molecule has 29 heavy (non-hydrogen) atoms. The third kappa shape index (κ3) is 3.90. The number of rotatable bonds is 5. The number of ether oxygens (including phenoxy) is 2. The summed E-state index contributed by atoms with van der Waals surface area (Å²) in [5.41, 5.74) is 0.143. The van der Waals surface area contributed by atoms with Crippen molar-refractivity contribution < 1.29 is 27.8 Å². The molecule has 1 fully saturated rings. The summed E-state index contributed by atoms with van der Waals surface area (Å²) in [4.78, 5) is 23.4. The first-order valence-electron chi connectivity index (χ1n) is 9.50. The summed E-state index contributed by atoms with van der Waals surface area (Å²) in [5, 5.41) is 11.8. The van der Waals surface area contributed by atoms with Crippen LogP contribution in [0.3, 0.4) is 0 Å². The van der Waals surface area contributed by atoms with Gasteiger partial charge in [-0.2, -0.15) is 0 Å². The van der Waals surface area contributed by atoms with Gasteiger partial charge in [-0.1, -0.05) is 0 Å². The van der Waals surface area contributed by atoms with Crippen LogP contribution in [0.1, 0.15) is 44.0 Å². The molecule has 3 atom stereocenters. The van der Waals surface area contributed by atoms with Gasteiger partial charge < -0.3 is 24.8 Å². The van der Waals surface area contributed by atoms with Crippen molar-refractivity contribution in [3.05, 3.63) is 11.5 Å². The monoisotopic (exact) mass is 428 g/mol. The Hall–Kier alpha value is -1.98. The molecular formula is C18H28N4O6S. The topological polar surface area (TPSA) is 131 Å². The molecule has 11 heteroatoms. The van der Waals surface area contributed by atoms with E-state index in [-0.39, 0.29) is 36.0 Å². The molecule has 0 aliphatic carbocycles. The highest BCUT2D eigenvalue weighted by molar-refractivity contribution is 7.91. The van der Waals surface area contributed by atoms with Gasteiger partial charge in [0.15, 0.2) is 21.4 Å². The fourth-order valence-electron chi connectivity index (χ4n) is 3.35. The molecule has 2 aliphatic heterocycles. The molecule has 1 saturated heterocycles. The number of sulfone groups is 1. The van der Waals surface area contributed by atoms with Crippen LogP contribution in [0.4, 0.5) is 5.82 Å². The van der Waals surface area contributed by atoms with E-state index in [9.17, 15) is 18.3 Å². The smallest absolute Gasteiger partial charge is 0.289 e. The fourth-order valence-corrected chi connectivity index (χ4v) is 3.84. The van der Waals surface area contributed by atoms with E-state index in [1.165, 1.54) is 13.8 Å². The Balaban J connectivity index is 2.19. The zero-order valence-electron chi connectivity index (χ0n) is 17.3. The Morgan fingerprint density at radius 3 is 2.66 bits per heavy atom. The standard InChI is InChI=1S/C18H28N4O6S/c1-10(6-23)19-17(24)15-20-14(18(3,4)29(5,25)26)13-16(21-15)22-11(2)7-27-8-12(22)9-28-13/h10-12,23H,6-9H2,1-5H3,(H,19,24)/t10?,11-,12+/m1/s1. The van der Waals surface area contributed by atoms with E-state index >= 15 is 0 Å². The van der Waals surface area contributed by atoms with Crippen LogP contribution in [0.2, 0.25) is 0 Å². The molecule has 0 radical (unpaired) electrons. The number of morpholine rings is 1. The molecule has 0 spiro atoms. The maximum absolute atomic E-state index is 12.7. The number of hydrogen-bond donors (Lipinski definition) is 2. The van der Waals surface area contributed by atoms with Crippen molar-refractivity contribution in [1.29, 1.82) is 0 Å². The van der Waals surface area contributed by atoms with E-state index in [0.29, 0.717) is 25.6 Å². The zero-order chi connectivity index (χ0) is 21.6. The first-order valence-corrected chi connectivity index (χ1v) is 11.4. The largest absolute Gasteiger partial charge is 0.486 e. The molecule has 1 unspecified atom stereocenters. The van der Waals surface area contributed by atoms with Gasteiger partial charge in [0.2, 0.25) is 5.82 Å². The number of nitrogens with zero attached hydrogens (tertiary/aromatic N) is 3. The van der Waals surface area contributed by atoms with Gasteiger partial charge in [-0.25, -0.2) is 18.4 Å². The van der Waals surface area contributed by atoms with Crippen LogP contribution in [0.5, 0.6) is 5.75 Å². The Morgan fingerprint density at radius 1 is 1.34 bits per heavy atom. The average Bonchev–Trinajstić information content (AvgIpc) is 2.65. The van der Waals surface area contributed by atoms with E-state index in [0.717, 1.165) is 6.26 Å². The highest BCUT2D eigenvalue weighted by atomic mass is 32.2. The van der Waals surface area contributed by atoms with Crippen LogP contribution in [0.25, 0.3) is 0 Å². The number of amides is 1. The molecule has 2 N–H and O–H groups in total. The average molecular weight is 429 g/mol. The van der Waals surface area contributed by atoms with Crippen molar-refractivity contribution in [2.75, 3.05) is 37.6 Å². The molecule has 0 saturated carbocycles. The fraction of sp³-hybridized carbons (Fsp3) is 0.722. The third-order valence-corrected chi connectivity index (χ3v) is 7.45. The first kappa shape index (κ1) is 21.7. The lowest BCUT2D eigenvalue weighted by atomic mass is 10.0. The number of anilines is 1. The second-order valence-electron chi connectivity index (χ2n) is 8.15. The van der Waals surface area contributed by atoms with E-state index in [4.69, 9.17) is 9.47 Å². The minimum absolute atomic E-state index is 0.0345. The van der Waals surface area contributed by atoms with Crippen LogP contribution in [-0.4, -0.2) is 80.2 Å². The predicted molar refractivity (Wildman–Crippen MR) is 106 cm³/mol. The second-order valence-corrected chi connectivity index (χ2v) is 10.7. The summed E-state index contributed by atoms with van der Waals surface area (Å²) >= 11 is 0. The lowest BCUT2D eigenvalue weighted by molar-refractivity contribution is 0.0481. The lowest BCUT2D eigenvalue weighted by Gasteiger charge is -2.45. The Morgan fingerprint density at radius 2 is 2.03 bits per heavy atom. The number of fused-ring (bicyclic) bond motifs is 3. The van der Waals surface area contributed by atoms with Gasteiger partial charge in [-0.05, 0) is 27.7 Å². The van der Waals surface area contributed by atoms with Crippen molar-refractivity contribution in [3.8, 4) is 5.75 Å². The predicted octanol–water partition coefficient (Wildman–Crippen LogP) is -0.147. The van der Waals surface area contributed by atoms with Crippen molar-refractivity contribution in [2.45, 2.75) is 50.6 Å². The highest BCUT2D eigenvalue weighted by Crippen LogP contribution is 2.43. The molecule has 1 aromatic rings. The molecule has 1 amide bonds. The number of carbonyl (C=O) groups excluding carboxylic acids is 1. The summed E-state index contributed by atoms with van der Waals surface area (Å²) in [7, 11) is -3.59. The molecule has 162 valence electrons. The van der Waals surface area contributed by atoms with Gasteiger partial charge >= 0.3 is 0 Å². The number of nitrogens with one attached hydrogen (secondary N) is 1. The van der Waals surface area contributed by atoms with Crippen LogP contribution >= 0.6 is 0 Å². The molecule has 0 bridgehead atoms. The molecule has 0 aromatic carbocycles. The SMILES string of the molecule is CC(CO)NC(=O)c1nc2c(c(C(C)(C)S(C)(=O)=O)n1)OC[C@@H]1COC[C@@H](C)N21. The summed E-state index contributed by atoms with van der Waals surface area (Å²) in [6.45, 7) is 7.65. The maximum atomic E-state index is 12.7. The Kier molecular flexibility index (Phi) is 5.76. The number of aliphatic hydroxyl groups excluding tert-OH is 1. The lowest BCUT2D eigenvalue weighted by Crippen LogP contribution is -2.56. The van der Waals surface area contributed by atoms with Crippen molar-refractivity contribution in [1.82, 2.24) is 15.3 Å². The van der Waals surface area contributed by atoms with Crippen molar-refractivity contribution in [3.63, 3.8) is 0 Å². The van der Waals surface area contributed by atoms with Crippen molar-refractivity contribution >= 4 is 21.6 Å². The summed E-state index contributed by atoms with van der Waals surface area (Å²) in [6.07, 6.45) is 1.12. The van der Waals surface area contributed by atoms with E-state index in [2.05, 4.69) is 15.3 Å². The number of hydrogen-bond acceptors (Lipinski definition) is 9. The maximum Gasteiger partial charge on any atom is 0.289 e. The molecule has 3 rings (SSSR count). The van der Waals surface area contributed by atoms with Gasteiger partial charge in [-0.15, -0.1) is 0 Å². The highest BCUT2D eigenvalue weighted by Gasteiger charge is 2.44. The normalized spacial score (nSPS) is 22.9. The van der Waals surface area contributed by atoms with E-state index in [1.54, 1.807) is 6.92 Å². The van der Waals surface area contributed by atoms with Gasteiger partial charge in [0.05, 0.1) is 31.9 Å². The molecule has 10 nitrogen and oxygen atoms in total. The molecule has 1 aromatic heterocycles. The van der Waals surface area contributed by atoms with Crippen LogP contribution in [0, 0.1) is 0 Å². The molecule has 3 heterocycles. The van der Waals surface area contributed by atoms with Gasteiger partial charge in [0.1, 0.15) is 17.0 Å². The molecule has 2 aliphatic rings. The summed E-state index contributed by atoms with van der Waals surface area (Å²) in [6, 6.07) is -0.629. The van der Waals surface area contributed by atoms with Crippen LogP contribution in [-0.2, 0) is 19.3 Å². The number of aliphatic hydroxyl groups is 1. The van der Waals surface area contributed by atoms with Crippen LogP contribution < -0.4 is 15.0 Å². The minimum atomic E-state index is -3.59. The third-order valence-electron chi connectivity index (χ3n) is 5.40. The van der Waals surface area contributed by atoms with Gasteiger partial charge in [0.25, 0.3) is 5.91 Å². The number of carbonyl (C=O) groups is 1. The van der Waals surface area contributed by atoms with Crippen LogP contribution in [0.15, 0.2) is 0 Å². The molecular weight excluding hydrogens is 400 g/mol. The van der Waals surface area contributed by atoms with E-state index < -0.39 is 26.5 Å². The van der Waals surface area contributed by atoms with E-state index in [1.807, 2.05) is 11.8 Å². The first-order chi connectivity index (χ1) is 13.5. The summed E-state index contributed by atoms with van der Waals surface area (Å²) < 4.78 is 35.1. The zero-order valence-corrected chi connectivity index (χ0v) is 18.1. The summed E-state index contributed by atoms with van der Waals surface area (Å²) in [5.74, 6) is -0.0978. The quantitative estimate of drug-likeness (QED) is 0.657. The van der Waals surface area contributed by atoms with Gasteiger partial charge in [0, 0.05) is 12.3 Å². The Labute approximate surface area is 170 Å². The van der Waals surface area contributed by atoms with Gasteiger partial charge in [-0.3, -0.25) is 4.79 Å². The second kappa shape index (κ2) is 7.69. The van der Waals surface area contributed by atoms with Crippen molar-refractivity contribution in [2.24, 2.45) is 0 Å². The number of aromatic nitrogens is 2.